The molecule has 0 aliphatic heterocycles. The Balaban J connectivity index is 2.50. The predicted molar refractivity (Wildman–Crippen MR) is 77.7 cm³/mol. The number of hydrogen-bond donors (Lipinski definition) is 0. The highest BCUT2D eigenvalue weighted by Gasteiger charge is 2.07. The Hall–Kier alpha value is -1.83. The molecule has 0 radical (unpaired) electrons. The first kappa shape index (κ1) is 14.2. The van der Waals surface area contributed by atoms with Crippen LogP contribution in [0, 0.1) is 0 Å². The maximum Gasteiger partial charge on any atom is 0.224 e. The number of rotatable bonds is 7. The molecule has 0 atom stereocenters. The summed E-state index contributed by atoms with van der Waals surface area (Å²) >= 11 is 0. The molecule has 0 fully saturated rings. The number of nitrogens with zero attached hydrogens (tertiary/aromatic N) is 1. The molecule has 0 aliphatic carbocycles. The Labute approximate surface area is 110 Å². The normalized spacial score (nSPS) is 10.5. The molecule has 0 heterocycles. The van der Waals surface area contributed by atoms with Crippen molar-refractivity contribution in [3.05, 3.63) is 55.1 Å². The first-order chi connectivity index (χ1) is 8.75. The molecule has 1 aromatic carbocycles. The van der Waals surface area contributed by atoms with Gasteiger partial charge in [0.25, 0.3) is 0 Å². The summed E-state index contributed by atoms with van der Waals surface area (Å²) in [6, 6.07) is 9.74. The van der Waals surface area contributed by atoms with Crippen molar-refractivity contribution in [2.24, 2.45) is 0 Å². The molecule has 0 aliphatic rings. The van der Waals surface area contributed by atoms with Crippen LogP contribution in [0.2, 0.25) is 0 Å². The lowest BCUT2D eigenvalue weighted by Crippen LogP contribution is -2.28. The van der Waals surface area contributed by atoms with E-state index in [1.807, 2.05) is 36.4 Å². The summed E-state index contributed by atoms with van der Waals surface area (Å²) < 4.78 is 0. The fraction of sp³-hybridized carbons (Fsp3) is 0.312. The number of carbonyl (C=O) groups is 1. The van der Waals surface area contributed by atoms with Gasteiger partial charge in [-0.2, -0.15) is 0 Å². The number of benzene rings is 1. The van der Waals surface area contributed by atoms with Gasteiger partial charge in [0.05, 0.1) is 0 Å². The molecule has 0 bridgehead atoms. The molecule has 1 rings (SSSR count). The molecule has 0 aromatic heterocycles. The van der Waals surface area contributed by atoms with Gasteiger partial charge in [-0.1, -0.05) is 36.4 Å². The minimum Gasteiger partial charge on any atom is -0.309 e. The van der Waals surface area contributed by atoms with Crippen molar-refractivity contribution in [2.75, 3.05) is 11.4 Å². The summed E-state index contributed by atoms with van der Waals surface area (Å²) in [6.07, 6.45) is 9.30. The van der Waals surface area contributed by atoms with E-state index in [1.165, 1.54) is 0 Å². The molecule has 1 aromatic rings. The lowest BCUT2D eigenvalue weighted by molar-refractivity contribution is -0.116. The van der Waals surface area contributed by atoms with Crippen molar-refractivity contribution in [2.45, 2.75) is 26.2 Å². The first-order valence-electron chi connectivity index (χ1n) is 6.34. The Morgan fingerprint density at radius 1 is 1.22 bits per heavy atom. The molecule has 96 valence electrons. The average Bonchev–Trinajstić information content (AvgIpc) is 2.38. The molecule has 2 nitrogen and oxygen atoms in total. The van der Waals surface area contributed by atoms with Gasteiger partial charge in [0, 0.05) is 19.2 Å². The number of hydrogen-bond acceptors (Lipinski definition) is 1. The zero-order valence-corrected chi connectivity index (χ0v) is 11.0. The van der Waals surface area contributed by atoms with Gasteiger partial charge in [-0.05, 0) is 31.4 Å². The summed E-state index contributed by atoms with van der Waals surface area (Å²) in [6.45, 7) is 5.92. The molecule has 0 unspecified atom stereocenters. The Morgan fingerprint density at radius 3 is 2.56 bits per heavy atom. The van der Waals surface area contributed by atoms with E-state index in [0.29, 0.717) is 6.54 Å². The fourth-order valence-electron chi connectivity index (χ4n) is 1.70. The standard InChI is InChI=1S/C16H21NO/c1-3-4-5-6-7-11-14-17(15(2)18)16-12-9-8-10-13-16/h3,7-13H,1,4-6,14H2,2H3. The molecule has 18 heavy (non-hydrogen) atoms. The first-order valence-corrected chi connectivity index (χ1v) is 6.34. The Bertz CT molecular complexity index is 395. The highest BCUT2D eigenvalue weighted by Crippen LogP contribution is 2.13. The highest BCUT2D eigenvalue weighted by atomic mass is 16.2. The Kier molecular flexibility index (Phi) is 6.55. The van der Waals surface area contributed by atoms with E-state index in [9.17, 15) is 4.79 Å². The topological polar surface area (TPSA) is 20.3 Å². The summed E-state index contributed by atoms with van der Waals surface area (Å²) in [5.41, 5.74) is 0.945. The van der Waals surface area contributed by atoms with E-state index in [-0.39, 0.29) is 5.91 Å². The van der Waals surface area contributed by atoms with E-state index < -0.39 is 0 Å². The van der Waals surface area contributed by atoms with E-state index >= 15 is 0 Å². The lowest BCUT2D eigenvalue weighted by Gasteiger charge is -2.19. The molecular formula is C16H21NO. The predicted octanol–water partition coefficient (Wildman–Crippen LogP) is 3.95. The molecule has 2 heteroatoms. The van der Waals surface area contributed by atoms with Gasteiger partial charge in [0.15, 0.2) is 0 Å². The van der Waals surface area contributed by atoms with Crippen molar-refractivity contribution in [1.29, 1.82) is 0 Å². The van der Waals surface area contributed by atoms with Gasteiger partial charge in [0.2, 0.25) is 5.91 Å². The van der Waals surface area contributed by atoms with Crippen LogP contribution in [-0.2, 0) is 4.79 Å². The van der Waals surface area contributed by atoms with Crippen LogP contribution in [0.3, 0.4) is 0 Å². The quantitative estimate of drug-likeness (QED) is 0.524. The van der Waals surface area contributed by atoms with E-state index in [2.05, 4.69) is 18.7 Å². The summed E-state index contributed by atoms with van der Waals surface area (Å²) in [4.78, 5) is 13.4. The molecule has 0 saturated heterocycles. The number of carbonyl (C=O) groups excluding carboxylic acids is 1. The number of unbranched alkanes of at least 4 members (excludes halogenated alkanes) is 2. The van der Waals surface area contributed by atoms with Crippen LogP contribution in [0.1, 0.15) is 26.2 Å². The molecule has 0 N–H and O–H groups in total. The van der Waals surface area contributed by atoms with E-state index in [4.69, 9.17) is 0 Å². The van der Waals surface area contributed by atoms with E-state index in [1.54, 1.807) is 11.8 Å². The van der Waals surface area contributed by atoms with Crippen LogP contribution in [0.25, 0.3) is 0 Å². The van der Waals surface area contributed by atoms with Gasteiger partial charge in [-0.3, -0.25) is 4.79 Å². The molecule has 0 spiro atoms. The van der Waals surface area contributed by atoms with Crippen molar-refractivity contribution >= 4 is 11.6 Å². The van der Waals surface area contributed by atoms with Crippen molar-refractivity contribution in [1.82, 2.24) is 0 Å². The monoisotopic (exact) mass is 243 g/mol. The fourth-order valence-corrected chi connectivity index (χ4v) is 1.70. The SMILES string of the molecule is C=CCCCC=CCN(C(C)=O)c1ccccc1. The smallest absolute Gasteiger partial charge is 0.224 e. The van der Waals surface area contributed by atoms with Crippen LogP contribution < -0.4 is 4.90 Å². The van der Waals surface area contributed by atoms with Crippen LogP contribution in [0.4, 0.5) is 5.69 Å². The average molecular weight is 243 g/mol. The highest BCUT2D eigenvalue weighted by molar-refractivity contribution is 5.91. The second-order valence-corrected chi connectivity index (χ2v) is 4.16. The second kappa shape index (κ2) is 8.29. The summed E-state index contributed by atoms with van der Waals surface area (Å²) in [7, 11) is 0. The van der Waals surface area contributed by atoms with Crippen LogP contribution in [0.15, 0.2) is 55.1 Å². The number of amides is 1. The molecule has 0 saturated carbocycles. The largest absolute Gasteiger partial charge is 0.309 e. The number of allylic oxidation sites excluding steroid dienone is 2. The maximum atomic E-state index is 11.6. The van der Waals surface area contributed by atoms with Gasteiger partial charge in [-0.15, -0.1) is 6.58 Å². The third-order valence-corrected chi connectivity index (χ3v) is 2.68. The van der Waals surface area contributed by atoms with Gasteiger partial charge >= 0.3 is 0 Å². The minimum absolute atomic E-state index is 0.0666. The van der Waals surface area contributed by atoms with Gasteiger partial charge < -0.3 is 4.90 Å². The number of para-hydroxylation sites is 1. The summed E-state index contributed by atoms with van der Waals surface area (Å²) in [5, 5.41) is 0. The van der Waals surface area contributed by atoms with Crippen LogP contribution in [0.5, 0.6) is 0 Å². The lowest BCUT2D eigenvalue weighted by atomic mass is 10.2. The van der Waals surface area contributed by atoms with Gasteiger partial charge in [0.1, 0.15) is 0 Å². The van der Waals surface area contributed by atoms with Crippen LogP contribution in [-0.4, -0.2) is 12.5 Å². The van der Waals surface area contributed by atoms with E-state index in [0.717, 1.165) is 24.9 Å². The van der Waals surface area contributed by atoms with Crippen molar-refractivity contribution in [3.63, 3.8) is 0 Å². The summed E-state index contributed by atoms with van der Waals surface area (Å²) in [5.74, 6) is 0.0666. The zero-order valence-electron chi connectivity index (χ0n) is 11.0. The van der Waals surface area contributed by atoms with Crippen molar-refractivity contribution in [3.8, 4) is 0 Å². The number of anilines is 1. The van der Waals surface area contributed by atoms with Gasteiger partial charge in [-0.25, -0.2) is 0 Å². The second-order valence-electron chi connectivity index (χ2n) is 4.16. The zero-order chi connectivity index (χ0) is 13.2. The Morgan fingerprint density at radius 2 is 1.94 bits per heavy atom. The maximum absolute atomic E-state index is 11.6. The van der Waals surface area contributed by atoms with Crippen molar-refractivity contribution < 1.29 is 4.79 Å². The molecular weight excluding hydrogens is 222 g/mol. The third-order valence-electron chi connectivity index (χ3n) is 2.68. The molecule has 1 amide bonds. The van der Waals surface area contributed by atoms with Crippen LogP contribution >= 0.6 is 0 Å². The third kappa shape index (κ3) is 5.00. The minimum atomic E-state index is 0.0666.